The zero-order valence-corrected chi connectivity index (χ0v) is 9.46. The van der Waals surface area contributed by atoms with Crippen molar-refractivity contribution in [1.29, 1.82) is 0 Å². The van der Waals surface area contributed by atoms with Gasteiger partial charge in [-0.25, -0.2) is 0 Å². The maximum Gasteiger partial charge on any atom is 0.238 e. The van der Waals surface area contributed by atoms with Crippen molar-refractivity contribution < 1.29 is 4.79 Å². The summed E-state index contributed by atoms with van der Waals surface area (Å²) in [4.78, 5) is 11.1. The molecule has 3 nitrogen and oxygen atoms in total. The Bertz CT molecular complexity index is 301. The number of anilines is 1. The first-order valence-electron chi connectivity index (χ1n) is 3.92. The van der Waals surface area contributed by atoms with E-state index in [4.69, 9.17) is 0 Å². The van der Waals surface area contributed by atoms with Crippen LogP contribution >= 0.6 is 22.6 Å². The lowest BCUT2D eigenvalue weighted by Gasteiger charge is -2.04. The van der Waals surface area contributed by atoms with Gasteiger partial charge in [0.1, 0.15) is 0 Å². The molecule has 1 aromatic rings. The maximum absolute atomic E-state index is 11.1. The minimum Gasteiger partial charge on any atom is -0.325 e. The Hall–Kier alpha value is -0.620. The van der Waals surface area contributed by atoms with Crippen molar-refractivity contribution in [3.05, 3.63) is 27.8 Å². The fraction of sp³-hybridized carbons (Fsp3) is 0.222. The van der Waals surface area contributed by atoms with E-state index in [2.05, 4.69) is 33.2 Å². The fourth-order valence-electron chi connectivity index (χ4n) is 0.932. The van der Waals surface area contributed by atoms with Gasteiger partial charge in [-0.15, -0.1) is 0 Å². The summed E-state index contributed by atoms with van der Waals surface area (Å²) in [5, 5.41) is 5.57. The maximum atomic E-state index is 11.1. The first-order valence-corrected chi connectivity index (χ1v) is 5.00. The third-order valence-corrected chi connectivity index (χ3v) is 2.12. The number of halogens is 1. The van der Waals surface area contributed by atoms with Crippen LogP contribution in [0.4, 0.5) is 5.69 Å². The van der Waals surface area contributed by atoms with Gasteiger partial charge in [-0.05, 0) is 47.8 Å². The molecule has 0 heterocycles. The molecule has 0 aliphatic carbocycles. The summed E-state index contributed by atoms with van der Waals surface area (Å²) in [5.41, 5.74) is 0.840. The molecule has 1 amide bonds. The molecule has 0 unspecified atom stereocenters. The van der Waals surface area contributed by atoms with Crippen molar-refractivity contribution in [2.75, 3.05) is 18.9 Å². The average Bonchev–Trinajstić information content (AvgIpc) is 2.04. The predicted molar refractivity (Wildman–Crippen MR) is 61.7 cm³/mol. The minimum absolute atomic E-state index is 0.0236. The number of amides is 1. The lowest BCUT2D eigenvalue weighted by atomic mass is 10.3. The second-order valence-electron chi connectivity index (χ2n) is 2.59. The molecule has 0 bridgehead atoms. The van der Waals surface area contributed by atoms with Crippen LogP contribution in [0.15, 0.2) is 24.3 Å². The van der Waals surface area contributed by atoms with E-state index in [0.717, 1.165) is 9.26 Å². The molecule has 70 valence electrons. The fourth-order valence-corrected chi connectivity index (χ4v) is 1.48. The molecule has 0 atom stereocenters. The van der Waals surface area contributed by atoms with Gasteiger partial charge >= 0.3 is 0 Å². The summed E-state index contributed by atoms with van der Waals surface area (Å²) in [6.07, 6.45) is 0. The highest BCUT2D eigenvalue weighted by atomic mass is 127. The third-order valence-electron chi connectivity index (χ3n) is 1.45. The van der Waals surface area contributed by atoms with E-state index in [1.165, 1.54) is 0 Å². The third kappa shape index (κ3) is 3.73. The van der Waals surface area contributed by atoms with Crippen LogP contribution < -0.4 is 10.6 Å². The van der Waals surface area contributed by atoms with E-state index in [1.807, 2.05) is 24.3 Å². The Morgan fingerprint density at radius 1 is 1.54 bits per heavy atom. The Morgan fingerprint density at radius 3 is 2.92 bits per heavy atom. The van der Waals surface area contributed by atoms with Crippen LogP contribution in [0.25, 0.3) is 0 Å². The lowest BCUT2D eigenvalue weighted by molar-refractivity contribution is -0.115. The quantitative estimate of drug-likeness (QED) is 0.827. The van der Waals surface area contributed by atoms with Gasteiger partial charge in [-0.2, -0.15) is 0 Å². The number of rotatable bonds is 3. The van der Waals surface area contributed by atoms with E-state index < -0.39 is 0 Å². The Balaban J connectivity index is 2.58. The summed E-state index contributed by atoms with van der Waals surface area (Å²) >= 11 is 2.21. The number of benzene rings is 1. The molecule has 0 radical (unpaired) electrons. The number of hydrogen-bond donors (Lipinski definition) is 2. The number of carbonyl (C=O) groups excluding carboxylic acids is 1. The molecule has 1 rings (SSSR count). The molecule has 13 heavy (non-hydrogen) atoms. The van der Waals surface area contributed by atoms with Crippen LogP contribution in [0, 0.1) is 3.57 Å². The molecule has 0 fully saturated rings. The summed E-state index contributed by atoms with van der Waals surface area (Å²) in [7, 11) is 1.74. The van der Waals surface area contributed by atoms with E-state index >= 15 is 0 Å². The zero-order valence-electron chi connectivity index (χ0n) is 7.30. The number of nitrogens with one attached hydrogen (secondary N) is 2. The second kappa shape index (κ2) is 5.18. The van der Waals surface area contributed by atoms with Crippen molar-refractivity contribution in [2.24, 2.45) is 0 Å². The molecule has 1 aromatic carbocycles. The molecule has 4 heteroatoms. The van der Waals surface area contributed by atoms with Gasteiger partial charge in [-0.3, -0.25) is 4.79 Å². The Labute approximate surface area is 91.0 Å². The standard InChI is InChI=1S/C9H11IN2O/c1-11-6-9(13)12-8-4-2-3-7(10)5-8/h2-5,11H,6H2,1H3,(H,12,13). The number of likely N-dealkylation sites (N-methyl/N-ethyl adjacent to an activating group) is 1. The molecular formula is C9H11IN2O. The zero-order chi connectivity index (χ0) is 9.68. The van der Waals surface area contributed by atoms with E-state index in [1.54, 1.807) is 7.05 Å². The lowest BCUT2D eigenvalue weighted by Crippen LogP contribution is -2.24. The smallest absolute Gasteiger partial charge is 0.238 e. The largest absolute Gasteiger partial charge is 0.325 e. The van der Waals surface area contributed by atoms with Crippen LogP contribution in [0.3, 0.4) is 0 Å². The van der Waals surface area contributed by atoms with E-state index in [9.17, 15) is 4.79 Å². The van der Waals surface area contributed by atoms with Crippen LogP contribution in [0.5, 0.6) is 0 Å². The molecule has 0 saturated carbocycles. The van der Waals surface area contributed by atoms with E-state index in [-0.39, 0.29) is 5.91 Å². The molecule has 0 spiro atoms. The summed E-state index contributed by atoms with van der Waals surface area (Å²) in [6, 6.07) is 7.69. The SMILES string of the molecule is CNCC(=O)Nc1cccc(I)c1. The summed E-state index contributed by atoms with van der Waals surface area (Å²) in [6.45, 7) is 0.339. The van der Waals surface area contributed by atoms with E-state index in [0.29, 0.717) is 6.54 Å². The van der Waals surface area contributed by atoms with Crippen LogP contribution in [-0.4, -0.2) is 19.5 Å². The molecule has 0 aliphatic rings. The topological polar surface area (TPSA) is 41.1 Å². The molecule has 0 aromatic heterocycles. The van der Waals surface area contributed by atoms with Gasteiger partial charge < -0.3 is 10.6 Å². The van der Waals surface area contributed by atoms with Crippen molar-refractivity contribution in [3.8, 4) is 0 Å². The second-order valence-corrected chi connectivity index (χ2v) is 3.83. The Morgan fingerprint density at radius 2 is 2.31 bits per heavy atom. The van der Waals surface area contributed by atoms with Crippen molar-refractivity contribution in [1.82, 2.24) is 5.32 Å². The average molecular weight is 290 g/mol. The number of carbonyl (C=O) groups is 1. The highest BCUT2D eigenvalue weighted by Crippen LogP contribution is 2.11. The monoisotopic (exact) mass is 290 g/mol. The summed E-state index contributed by atoms with van der Waals surface area (Å²) < 4.78 is 1.11. The van der Waals surface area contributed by atoms with Crippen molar-refractivity contribution in [3.63, 3.8) is 0 Å². The van der Waals surface area contributed by atoms with Gasteiger partial charge in [0.15, 0.2) is 0 Å². The highest BCUT2D eigenvalue weighted by molar-refractivity contribution is 14.1. The van der Waals surface area contributed by atoms with Gasteiger partial charge in [0, 0.05) is 9.26 Å². The Kier molecular flexibility index (Phi) is 4.17. The molecule has 2 N–H and O–H groups in total. The van der Waals surface area contributed by atoms with Crippen molar-refractivity contribution in [2.45, 2.75) is 0 Å². The number of hydrogen-bond acceptors (Lipinski definition) is 2. The van der Waals surface area contributed by atoms with Gasteiger partial charge in [-0.1, -0.05) is 6.07 Å². The van der Waals surface area contributed by atoms with Crippen LogP contribution in [-0.2, 0) is 4.79 Å². The predicted octanol–water partition coefficient (Wildman–Crippen LogP) is 1.45. The van der Waals surface area contributed by atoms with Crippen LogP contribution in [0.2, 0.25) is 0 Å². The molecule has 0 aliphatic heterocycles. The first-order chi connectivity index (χ1) is 6.22. The normalized spacial score (nSPS) is 9.69. The highest BCUT2D eigenvalue weighted by Gasteiger charge is 1.99. The van der Waals surface area contributed by atoms with Gasteiger partial charge in [0.05, 0.1) is 6.54 Å². The summed E-state index contributed by atoms with van der Waals surface area (Å²) in [5.74, 6) is -0.0236. The van der Waals surface area contributed by atoms with Gasteiger partial charge in [0.25, 0.3) is 0 Å². The minimum atomic E-state index is -0.0236. The van der Waals surface area contributed by atoms with Crippen LogP contribution in [0.1, 0.15) is 0 Å². The first kappa shape index (κ1) is 10.5. The van der Waals surface area contributed by atoms with Crippen molar-refractivity contribution >= 4 is 34.2 Å². The molecule has 0 saturated heterocycles. The molecular weight excluding hydrogens is 279 g/mol. The van der Waals surface area contributed by atoms with Gasteiger partial charge in [0.2, 0.25) is 5.91 Å².